The molecule has 116 valence electrons. The van der Waals surface area contributed by atoms with E-state index in [9.17, 15) is 0 Å². The zero-order chi connectivity index (χ0) is 15.1. The van der Waals surface area contributed by atoms with Crippen LogP contribution >= 0.6 is 0 Å². The van der Waals surface area contributed by atoms with Gasteiger partial charge in [0.2, 0.25) is 5.88 Å². The van der Waals surface area contributed by atoms with Crippen molar-refractivity contribution in [2.24, 2.45) is 10.9 Å². The van der Waals surface area contributed by atoms with E-state index in [1.165, 1.54) is 0 Å². The number of methoxy groups -OCH3 is 2. The lowest BCUT2D eigenvalue weighted by atomic mass is 10.1. The molecule has 1 aliphatic heterocycles. The lowest BCUT2D eigenvalue weighted by Gasteiger charge is -2.22. The van der Waals surface area contributed by atoms with Gasteiger partial charge in [-0.15, -0.1) is 0 Å². The Bertz CT molecular complexity index is 478. The van der Waals surface area contributed by atoms with Crippen LogP contribution in [0.4, 0.5) is 0 Å². The highest BCUT2D eigenvalue weighted by atomic mass is 16.5. The molecule has 0 radical (unpaired) electrons. The highest BCUT2D eigenvalue weighted by Crippen LogP contribution is 2.17. The van der Waals surface area contributed by atoms with E-state index in [4.69, 9.17) is 9.47 Å². The number of aliphatic imine (C=N–C) groups is 1. The molecule has 1 aromatic heterocycles. The maximum Gasteiger partial charge on any atom is 0.218 e. The van der Waals surface area contributed by atoms with Crippen molar-refractivity contribution in [2.45, 2.75) is 13.0 Å². The molecule has 0 amide bonds. The van der Waals surface area contributed by atoms with Gasteiger partial charge in [0.1, 0.15) is 0 Å². The SMILES string of the molecule is CN=C(NCc1cccnc1OC)N1CCC(COC)C1. The average molecular weight is 292 g/mol. The lowest BCUT2D eigenvalue weighted by molar-refractivity contribution is 0.157. The summed E-state index contributed by atoms with van der Waals surface area (Å²) in [4.78, 5) is 10.8. The lowest BCUT2D eigenvalue weighted by Crippen LogP contribution is -2.39. The van der Waals surface area contributed by atoms with Crippen LogP contribution in [0.5, 0.6) is 5.88 Å². The molecule has 1 fully saturated rings. The summed E-state index contributed by atoms with van der Waals surface area (Å²) >= 11 is 0. The number of nitrogens with one attached hydrogen (secondary N) is 1. The predicted molar refractivity (Wildman–Crippen MR) is 82.5 cm³/mol. The number of hydrogen-bond acceptors (Lipinski definition) is 4. The van der Waals surface area contributed by atoms with E-state index in [0.29, 0.717) is 18.3 Å². The Morgan fingerprint density at radius 3 is 3.10 bits per heavy atom. The molecule has 0 aliphatic carbocycles. The zero-order valence-corrected chi connectivity index (χ0v) is 13.0. The molecule has 6 nitrogen and oxygen atoms in total. The predicted octanol–water partition coefficient (Wildman–Crippen LogP) is 1.13. The van der Waals surface area contributed by atoms with Crippen molar-refractivity contribution >= 4 is 5.96 Å². The van der Waals surface area contributed by atoms with Crippen LogP contribution in [0, 0.1) is 5.92 Å². The Morgan fingerprint density at radius 1 is 1.52 bits per heavy atom. The van der Waals surface area contributed by atoms with Gasteiger partial charge in [-0.2, -0.15) is 0 Å². The normalized spacial score (nSPS) is 18.9. The second-order valence-corrected chi connectivity index (χ2v) is 5.13. The summed E-state index contributed by atoms with van der Waals surface area (Å²) in [5, 5.41) is 3.38. The van der Waals surface area contributed by atoms with Gasteiger partial charge in [-0.05, 0) is 12.5 Å². The Kier molecular flexibility index (Phi) is 5.80. The van der Waals surface area contributed by atoms with E-state index in [1.54, 1.807) is 20.4 Å². The molecule has 0 saturated carbocycles. The number of aromatic nitrogens is 1. The number of hydrogen-bond donors (Lipinski definition) is 1. The fourth-order valence-electron chi connectivity index (χ4n) is 2.65. The summed E-state index contributed by atoms with van der Waals surface area (Å²) < 4.78 is 10.5. The van der Waals surface area contributed by atoms with Gasteiger partial charge in [0.05, 0.1) is 13.7 Å². The molecule has 1 N–H and O–H groups in total. The molecule has 0 spiro atoms. The fourth-order valence-corrected chi connectivity index (χ4v) is 2.65. The number of rotatable bonds is 5. The van der Waals surface area contributed by atoms with Crippen LogP contribution in [0.3, 0.4) is 0 Å². The van der Waals surface area contributed by atoms with Crippen LogP contribution in [0.25, 0.3) is 0 Å². The maximum absolute atomic E-state index is 5.26. The van der Waals surface area contributed by atoms with Crippen molar-refractivity contribution in [2.75, 3.05) is 41.0 Å². The van der Waals surface area contributed by atoms with Gasteiger partial charge in [0.15, 0.2) is 5.96 Å². The Hall–Kier alpha value is -1.82. The van der Waals surface area contributed by atoms with Crippen molar-refractivity contribution in [3.8, 4) is 5.88 Å². The first kappa shape index (κ1) is 15.6. The molecule has 1 aliphatic rings. The van der Waals surface area contributed by atoms with Crippen LogP contribution in [0.1, 0.15) is 12.0 Å². The molecular formula is C15H24N4O2. The van der Waals surface area contributed by atoms with Crippen molar-refractivity contribution in [1.29, 1.82) is 0 Å². The third-order valence-corrected chi connectivity index (χ3v) is 3.68. The average Bonchev–Trinajstić information content (AvgIpc) is 2.97. The Balaban J connectivity index is 1.92. The van der Waals surface area contributed by atoms with Crippen LogP contribution in [-0.4, -0.2) is 56.8 Å². The van der Waals surface area contributed by atoms with Crippen molar-refractivity contribution < 1.29 is 9.47 Å². The van der Waals surface area contributed by atoms with Gasteiger partial charge in [-0.25, -0.2) is 4.98 Å². The van der Waals surface area contributed by atoms with Crippen molar-refractivity contribution in [3.05, 3.63) is 23.9 Å². The smallest absolute Gasteiger partial charge is 0.218 e. The molecule has 2 rings (SSSR count). The van der Waals surface area contributed by atoms with E-state index in [0.717, 1.165) is 37.6 Å². The number of likely N-dealkylation sites (tertiary alicyclic amines) is 1. The highest BCUT2D eigenvalue weighted by molar-refractivity contribution is 5.80. The number of pyridine rings is 1. The standard InChI is InChI=1S/C15H24N4O2/c1-16-15(19-8-6-12(10-19)11-20-2)18-9-13-5-4-7-17-14(13)21-3/h4-5,7,12H,6,8-11H2,1-3H3,(H,16,18). The number of ether oxygens (including phenoxy) is 2. The van der Waals surface area contributed by atoms with Crippen molar-refractivity contribution in [3.63, 3.8) is 0 Å². The van der Waals surface area contributed by atoms with Crippen LogP contribution in [0.15, 0.2) is 23.3 Å². The molecule has 1 atom stereocenters. The summed E-state index contributed by atoms with van der Waals surface area (Å²) in [5.41, 5.74) is 1.02. The van der Waals surface area contributed by atoms with Crippen LogP contribution in [0.2, 0.25) is 0 Å². The largest absolute Gasteiger partial charge is 0.481 e. The van der Waals surface area contributed by atoms with Crippen molar-refractivity contribution in [1.82, 2.24) is 15.2 Å². The number of guanidine groups is 1. The van der Waals surface area contributed by atoms with Gasteiger partial charge in [0, 0.05) is 51.5 Å². The Labute approximate surface area is 126 Å². The van der Waals surface area contributed by atoms with Crippen LogP contribution < -0.4 is 10.1 Å². The maximum atomic E-state index is 5.26. The van der Waals surface area contributed by atoms with E-state index < -0.39 is 0 Å². The first-order chi connectivity index (χ1) is 10.3. The van der Waals surface area contributed by atoms with E-state index in [2.05, 4.69) is 20.2 Å². The monoisotopic (exact) mass is 292 g/mol. The van der Waals surface area contributed by atoms with Gasteiger partial charge >= 0.3 is 0 Å². The van der Waals surface area contributed by atoms with Gasteiger partial charge < -0.3 is 19.7 Å². The topological polar surface area (TPSA) is 59.0 Å². The quantitative estimate of drug-likeness (QED) is 0.651. The minimum Gasteiger partial charge on any atom is -0.481 e. The summed E-state index contributed by atoms with van der Waals surface area (Å²) in [5.74, 6) is 2.15. The van der Waals surface area contributed by atoms with Gasteiger partial charge in [0.25, 0.3) is 0 Å². The van der Waals surface area contributed by atoms with E-state index in [1.807, 2.05) is 19.2 Å². The zero-order valence-electron chi connectivity index (χ0n) is 13.0. The van der Waals surface area contributed by atoms with Gasteiger partial charge in [-0.3, -0.25) is 4.99 Å². The third kappa shape index (κ3) is 4.07. The summed E-state index contributed by atoms with van der Waals surface area (Å²) in [6, 6.07) is 3.91. The first-order valence-electron chi connectivity index (χ1n) is 7.21. The molecule has 1 saturated heterocycles. The second kappa shape index (κ2) is 7.83. The molecule has 1 unspecified atom stereocenters. The third-order valence-electron chi connectivity index (χ3n) is 3.68. The molecule has 0 aromatic carbocycles. The number of nitrogens with zero attached hydrogens (tertiary/aromatic N) is 3. The fraction of sp³-hybridized carbons (Fsp3) is 0.600. The summed E-state index contributed by atoms with van der Waals surface area (Å²) in [6.45, 7) is 3.45. The molecular weight excluding hydrogens is 268 g/mol. The van der Waals surface area contributed by atoms with E-state index >= 15 is 0 Å². The molecule has 2 heterocycles. The minimum absolute atomic E-state index is 0.585. The molecule has 0 bridgehead atoms. The molecule has 21 heavy (non-hydrogen) atoms. The summed E-state index contributed by atoms with van der Waals surface area (Å²) in [7, 11) is 5.20. The Morgan fingerprint density at radius 2 is 2.38 bits per heavy atom. The minimum atomic E-state index is 0.585. The second-order valence-electron chi connectivity index (χ2n) is 5.13. The molecule has 1 aromatic rings. The van der Waals surface area contributed by atoms with Gasteiger partial charge in [-0.1, -0.05) is 6.07 Å². The highest BCUT2D eigenvalue weighted by Gasteiger charge is 2.24. The molecule has 6 heteroatoms. The summed E-state index contributed by atoms with van der Waals surface area (Å²) in [6.07, 6.45) is 2.87. The van der Waals surface area contributed by atoms with E-state index in [-0.39, 0.29) is 0 Å². The first-order valence-corrected chi connectivity index (χ1v) is 7.21. The van der Waals surface area contributed by atoms with Crippen LogP contribution in [-0.2, 0) is 11.3 Å².